The maximum Gasteiger partial charge on any atom is 0.251 e. The van der Waals surface area contributed by atoms with E-state index in [4.69, 9.17) is 0 Å². The molecule has 0 fully saturated rings. The van der Waals surface area contributed by atoms with Gasteiger partial charge in [-0.05, 0) is 31.2 Å². The first-order chi connectivity index (χ1) is 9.19. The average molecular weight is 256 g/mol. The highest BCUT2D eigenvalue weighted by Gasteiger charge is 2.06. The number of pyridine rings is 2. The minimum Gasteiger partial charge on any atom is -0.373 e. The molecule has 0 aliphatic heterocycles. The summed E-state index contributed by atoms with van der Waals surface area (Å²) >= 11 is 0. The fraction of sp³-hybridized carbons (Fsp3) is 0.214. The number of rotatable bonds is 4. The number of hydrogen-bond acceptors (Lipinski definition) is 4. The Morgan fingerprint density at radius 2 is 2.16 bits per heavy atom. The number of aryl methyl sites for hydroxylation is 1. The molecule has 0 spiro atoms. The van der Waals surface area contributed by atoms with E-state index in [2.05, 4.69) is 20.6 Å². The SMILES string of the molecule is CNc1cc(C(=O)NCc2cccc(C)n2)ccn1. The molecule has 0 aliphatic rings. The Morgan fingerprint density at radius 1 is 1.32 bits per heavy atom. The maximum absolute atomic E-state index is 12.0. The lowest BCUT2D eigenvalue weighted by Crippen LogP contribution is -2.23. The predicted octanol–water partition coefficient (Wildman–Crippen LogP) is 1.76. The third-order valence-corrected chi connectivity index (χ3v) is 2.65. The maximum atomic E-state index is 12.0. The van der Waals surface area contributed by atoms with Crippen molar-refractivity contribution in [1.82, 2.24) is 15.3 Å². The second kappa shape index (κ2) is 5.95. The smallest absolute Gasteiger partial charge is 0.251 e. The molecule has 0 atom stereocenters. The molecule has 19 heavy (non-hydrogen) atoms. The number of amides is 1. The summed E-state index contributed by atoms with van der Waals surface area (Å²) in [5.74, 6) is 0.531. The van der Waals surface area contributed by atoms with E-state index in [0.717, 1.165) is 11.4 Å². The Hall–Kier alpha value is -2.43. The van der Waals surface area contributed by atoms with Gasteiger partial charge in [-0.2, -0.15) is 0 Å². The highest BCUT2D eigenvalue weighted by atomic mass is 16.1. The molecule has 0 bridgehead atoms. The van der Waals surface area contributed by atoms with Gasteiger partial charge in [-0.1, -0.05) is 6.07 Å². The summed E-state index contributed by atoms with van der Waals surface area (Å²) in [4.78, 5) is 20.4. The number of nitrogens with zero attached hydrogens (tertiary/aromatic N) is 2. The van der Waals surface area contributed by atoms with Crippen molar-refractivity contribution in [1.29, 1.82) is 0 Å². The molecular weight excluding hydrogens is 240 g/mol. The summed E-state index contributed by atoms with van der Waals surface area (Å²) in [7, 11) is 1.76. The van der Waals surface area contributed by atoms with Crippen LogP contribution in [-0.2, 0) is 6.54 Å². The lowest BCUT2D eigenvalue weighted by molar-refractivity contribution is 0.0950. The first kappa shape index (κ1) is 13.0. The summed E-state index contributed by atoms with van der Waals surface area (Å²) < 4.78 is 0. The molecule has 5 nitrogen and oxygen atoms in total. The van der Waals surface area contributed by atoms with E-state index in [-0.39, 0.29) is 5.91 Å². The van der Waals surface area contributed by atoms with Crippen LogP contribution in [-0.4, -0.2) is 22.9 Å². The van der Waals surface area contributed by atoms with Crippen LogP contribution in [0.2, 0.25) is 0 Å². The normalized spacial score (nSPS) is 10.0. The fourth-order valence-electron chi connectivity index (χ4n) is 1.68. The first-order valence-electron chi connectivity index (χ1n) is 6.03. The van der Waals surface area contributed by atoms with Crippen LogP contribution in [0.15, 0.2) is 36.5 Å². The molecule has 2 heterocycles. The molecule has 5 heteroatoms. The van der Waals surface area contributed by atoms with Gasteiger partial charge in [-0.15, -0.1) is 0 Å². The lowest BCUT2D eigenvalue weighted by atomic mass is 10.2. The van der Waals surface area contributed by atoms with E-state index in [1.165, 1.54) is 0 Å². The van der Waals surface area contributed by atoms with Gasteiger partial charge in [0.1, 0.15) is 5.82 Å². The van der Waals surface area contributed by atoms with E-state index in [1.54, 1.807) is 25.4 Å². The Balaban J connectivity index is 2.01. The number of anilines is 1. The number of carbonyl (C=O) groups is 1. The lowest BCUT2D eigenvalue weighted by Gasteiger charge is -2.06. The van der Waals surface area contributed by atoms with Crippen LogP contribution >= 0.6 is 0 Å². The van der Waals surface area contributed by atoms with E-state index in [9.17, 15) is 4.79 Å². The molecule has 0 unspecified atom stereocenters. The minimum atomic E-state index is -0.137. The standard InChI is InChI=1S/C14H16N4O/c1-10-4-3-5-12(18-10)9-17-14(19)11-6-7-16-13(8-11)15-2/h3-8H,9H2,1-2H3,(H,15,16)(H,17,19). The second-order valence-corrected chi connectivity index (χ2v) is 4.13. The minimum absolute atomic E-state index is 0.137. The number of carbonyl (C=O) groups excluding carboxylic acids is 1. The van der Waals surface area contributed by atoms with Crippen molar-refractivity contribution >= 4 is 11.7 Å². The van der Waals surface area contributed by atoms with Gasteiger partial charge < -0.3 is 10.6 Å². The van der Waals surface area contributed by atoms with Crippen molar-refractivity contribution < 1.29 is 4.79 Å². The van der Waals surface area contributed by atoms with Crippen molar-refractivity contribution in [3.8, 4) is 0 Å². The highest BCUT2D eigenvalue weighted by Crippen LogP contribution is 2.06. The third kappa shape index (κ3) is 3.51. The van der Waals surface area contributed by atoms with Crippen molar-refractivity contribution in [3.05, 3.63) is 53.5 Å². The van der Waals surface area contributed by atoms with Crippen LogP contribution in [0.3, 0.4) is 0 Å². The predicted molar refractivity (Wildman–Crippen MR) is 73.9 cm³/mol. The fourth-order valence-corrected chi connectivity index (χ4v) is 1.68. The van der Waals surface area contributed by atoms with E-state index >= 15 is 0 Å². The Morgan fingerprint density at radius 3 is 2.89 bits per heavy atom. The van der Waals surface area contributed by atoms with Crippen LogP contribution < -0.4 is 10.6 Å². The van der Waals surface area contributed by atoms with Gasteiger partial charge in [0.15, 0.2) is 0 Å². The molecule has 98 valence electrons. The van der Waals surface area contributed by atoms with Crippen LogP contribution in [0.1, 0.15) is 21.7 Å². The van der Waals surface area contributed by atoms with Gasteiger partial charge in [0.05, 0.1) is 12.2 Å². The Kier molecular flexibility index (Phi) is 4.07. The van der Waals surface area contributed by atoms with Crippen LogP contribution in [0.5, 0.6) is 0 Å². The molecule has 2 rings (SSSR count). The van der Waals surface area contributed by atoms with E-state index in [0.29, 0.717) is 17.9 Å². The van der Waals surface area contributed by atoms with Gasteiger partial charge in [-0.25, -0.2) is 4.98 Å². The Bertz CT molecular complexity index is 583. The molecule has 2 aromatic rings. The second-order valence-electron chi connectivity index (χ2n) is 4.13. The van der Waals surface area contributed by atoms with Crippen molar-refractivity contribution in [2.24, 2.45) is 0 Å². The van der Waals surface area contributed by atoms with Crippen molar-refractivity contribution in [3.63, 3.8) is 0 Å². The quantitative estimate of drug-likeness (QED) is 0.874. The van der Waals surface area contributed by atoms with Gasteiger partial charge >= 0.3 is 0 Å². The molecule has 0 radical (unpaired) electrons. The summed E-state index contributed by atoms with van der Waals surface area (Å²) in [6.45, 7) is 2.34. The molecule has 2 N–H and O–H groups in total. The summed E-state index contributed by atoms with van der Waals surface area (Å²) in [6.07, 6.45) is 1.60. The van der Waals surface area contributed by atoms with E-state index < -0.39 is 0 Å². The summed E-state index contributed by atoms with van der Waals surface area (Å²) in [5.41, 5.74) is 2.36. The van der Waals surface area contributed by atoms with E-state index in [1.807, 2.05) is 25.1 Å². The van der Waals surface area contributed by atoms with Crippen LogP contribution in [0.25, 0.3) is 0 Å². The molecular formula is C14H16N4O. The van der Waals surface area contributed by atoms with Crippen LogP contribution in [0.4, 0.5) is 5.82 Å². The number of nitrogens with one attached hydrogen (secondary N) is 2. The molecule has 0 aliphatic carbocycles. The monoisotopic (exact) mass is 256 g/mol. The number of hydrogen-bond donors (Lipinski definition) is 2. The summed E-state index contributed by atoms with van der Waals surface area (Å²) in [5, 5.41) is 5.74. The van der Waals surface area contributed by atoms with Gasteiger partial charge in [0.2, 0.25) is 0 Å². The van der Waals surface area contributed by atoms with Crippen LogP contribution in [0, 0.1) is 6.92 Å². The average Bonchev–Trinajstić information content (AvgIpc) is 2.45. The van der Waals surface area contributed by atoms with Crippen molar-refractivity contribution in [2.75, 3.05) is 12.4 Å². The zero-order chi connectivity index (χ0) is 13.7. The number of aromatic nitrogens is 2. The summed E-state index contributed by atoms with van der Waals surface area (Å²) in [6, 6.07) is 9.13. The molecule has 1 amide bonds. The zero-order valence-electron chi connectivity index (χ0n) is 11.0. The first-order valence-corrected chi connectivity index (χ1v) is 6.03. The highest BCUT2D eigenvalue weighted by molar-refractivity contribution is 5.94. The largest absolute Gasteiger partial charge is 0.373 e. The molecule has 0 saturated heterocycles. The third-order valence-electron chi connectivity index (χ3n) is 2.65. The van der Waals surface area contributed by atoms with Gasteiger partial charge in [0, 0.05) is 24.5 Å². The topological polar surface area (TPSA) is 66.9 Å². The zero-order valence-corrected chi connectivity index (χ0v) is 11.0. The molecule has 0 saturated carbocycles. The van der Waals surface area contributed by atoms with Crippen molar-refractivity contribution in [2.45, 2.75) is 13.5 Å². The molecule has 2 aromatic heterocycles. The Labute approximate surface area is 112 Å². The van der Waals surface area contributed by atoms with Gasteiger partial charge in [0.25, 0.3) is 5.91 Å². The molecule has 0 aromatic carbocycles. The van der Waals surface area contributed by atoms with Gasteiger partial charge in [-0.3, -0.25) is 9.78 Å².